The molecule has 0 spiro atoms. The Kier molecular flexibility index (Phi) is 6.04. The lowest BCUT2D eigenvalue weighted by atomic mass is 10.1. The van der Waals surface area contributed by atoms with Crippen molar-refractivity contribution >= 4 is 29.1 Å². The number of hydrogen-bond donors (Lipinski definition) is 2. The lowest BCUT2D eigenvalue weighted by molar-refractivity contribution is -0.117. The number of likely N-dealkylation sites (N-methyl/N-ethyl adjacent to an activating group) is 1. The zero-order valence-corrected chi connectivity index (χ0v) is 15.4. The fourth-order valence-electron chi connectivity index (χ4n) is 2.69. The molecule has 140 valence electrons. The molecule has 2 aromatic carbocycles. The minimum Gasteiger partial charge on any atom is -0.395 e. The lowest BCUT2D eigenvalue weighted by Gasteiger charge is -2.17. The van der Waals surface area contributed by atoms with E-state index in [1.54, 1.807) is 36.4 Å². The molecule has 1 aliphatic rings. The van der Waals surface area contributed by atoms with E-state index in [-0.39, 0.29) is 24.2 Å². The SMILES string of the molecule is CN(CCO)c1ccc(/C=C/C(=O)c2ccc(NC(=O)C3CC3)cc2)cc1. The van der Waals surface area contributed by atoms with E-state index in [0.29, 0.717) is 12.1 Å². The molecule has 2 aromatic rings. The minimum atomic E-state index is -0.0865. The molecule has 0 bridgehead atoms. The van der Waals surface area contributed by atoms with Crippen molar-refractivity contribution in [1.82, 2.24) is 0 Å². The van der Waals surface area contributed by atoms with Crippen LogP contribution in [0.25, 0.3) is 6.08 Å². The summed E-state index contributed by atoms with van der Waals surface area (Å²) >= 11 is 0. The van der Waals surface area contributed by atoms with Gasteiger partial charge >= 0.3 is 0 Å². The van der Waals surface area contributed by atoms with Crippen LogP contribution in [0.3, 0.4) is 0 Å². The number of allylic oxidation sites excluding steroid dienone is 1. The maximum Gasteiger partial charge on any atom is 0.227 e. The number of carbonyl (C=O) groups is 2. The van der Waals surface area contributed by atoms with Crippen LogP contribution in [0, 0.1) is 5.92 Å². The van der Waals surface area contributed by atoms with Gasteiger partial charge in [0.2, 0.25) is 5.91 Å². The van der Waals surface area contributed by atoms with Gasteiger partial charge in [-0.05, 0) is 60.9 Å². The summed E-state index contributed by atoms with van der Waals surface area (Å²) in [5, 5.41) is 11.8. The van der Waals surface area contributed by atoms with Gasteiger partial charge in [0.25, 0.3) is 0 Å². The number of amides is 1. The van der Waals surface area contributed by atoms with Crippen LogP contribution >= 0.6 is 0 Å². The summed E-state index contributed by atoms with van der Waals surface area (Å²) in [5.74, 6) is 0.127. The predicted molar refractivity (Wildman–Crippen MR) is 108 cm³/mol. The van der Waals surface area contributed by atoms with Gasteiger partial charge in [0.15, 0.2) is 5.78 Å². The summed E-state index contributed by atoms with van der Waals surface area (Å²) in [6.07, 6.45) is 5.25. The second-order valence-electron chi connectivity index (χ2n) is 6.78. The zero-order valence-electron chi connectivity index (χ0n) is 15.4. The molecule has 27 heavy (non-hydrogen) atoms. The summed E-state index contributed by atoms with van der Waals surface area (Å²) in [6, 6.07) is 14.7. The fraction of sp³-hybridized carbons (Fsp3) is 0.273. The highest BCUT2D eigenvalue weighted by atomic mass is 16.3. The van der Waals surface area contributed by atoms with E-state index in [0.717, 1.165) is 29.8 Å². The molecule has 1 amide bonds. The van der Waals surface area contributed by atoms with E-state index in [1.807, 2.05) is 36.2 Å². The first-order chi connectivity index (χ1) is 13.1. The Morgan fingerprint density at radius 3 is 2.37 bits per heavy atom. The first-order valence-electron chi connectivity index (χ1n) is 9.12. The lowest BCUT2D eigenvalue weighted by Crippen LogP contribution is -2.20. The van der Waals surface area contributed by atoms with Crippen molar-refractivity contribution in [1.29, 1.82) is 0 Å². The molecule has 5 heteroatoms. The van der Waals surface area contributed by atoms with Crippen LogP contribution in [0.4, 0.5) is 11.4 Å². The summed E-state index contributed by atoms with van der Waals surface area (Å²) in [6.45, 7) is 0.681. The standard InChI is InChI=1S/C22H24N2O3/c1-24(14-15-25)20-11-2-16(3-12-20)4-13-21(26)17-7-9-19(10-8-17)23-22(27)18-5-6-18/h2-4,7-13,18,25H,5-6,14-15H2,1H3,(H,23,27)/b13-4+. The molecule has 1 aliphatic carbocycles. The number of aliphatic hydroxyl groups excluding tert-OH is 1. The third kappa shape index (κ3) is 5.28. The highest BCUT2D eigenvalue weighted by Crippen LogP contribution is 2.30. The third-order valence-corrected chi connectivity index (χ3v) is 4.58. The smallest absolute Gasteiger partial charge is 0.227 e. The van der Waals surface area contributed by atoms with Gasteiger partial charge in [-0.1, -0.05) is 18.2 Å². The van der Waals surface area contributed by atoms with Crippen molar-refractivity contribution in [3.63, 3.8) is 0 Å². The van der Waals surface area contributed by atoms with Gasteiger partial charge in [-0.3, -0.25) is 9.59 Å². The molecule has 0 atom stereocenters. The van der Waals surface area contributed by atoms with Crippen molar-refractivity contribution in [2.75, 3.05) is 30.4 Å². The molecule has 0 unspecified atom stereocenters. The molecule has 0 heterocycles. The number of hydrogen-bond acceptors (Lipinski definition) is 4. The first-order valence-corrected chi connectivity index (χ1v) is 9.12. The number of ketones is 1. The predicted octanol–water partition coefficient (Wildman–Crippen LogP) is 3.36. The van der Waals surface area contributed by atoms with Crippen molar-refractivity contribution in [2.45, 2.75) is 12.8 Å². The Morgan fingerprint density at radius 2 is 1.78 bits per heavy atom. The summed E-state index contributed by atoms with van der Waals surface area (Å²) in [7, 11) is 1.92. The number of nitrogens with zero attached hydrogens (tertiary/aromatic N) is 1. The van der Waals surface area contributed by atoms with E-state index >= 15 is 0 Å². The van der Waals surface area contributed by atoms with Crippen LogP contribution in [0.5, 0.6) is 0 Å². The highest BCUT2D eigenvalue weighted by molar-refractivity contribution is 6.07. The fourth-order valence-corrected chi connectivity index (χ4v) is 2.69. The van der Waals surface area contributed by atoms with Crippen molar-refractivity contribution in [3.8, 4) is 0 Å². The number of nitrogens with one attached hydrogen (secondary N) is 1. The molecule has 5 nitrogen and oxygen atoms in total. The van der Waals surface area contributed by atoms with Gasteiger partial charge in [-0.25, -0.2) is 0 Å². The van der Waals surface area contributed by atoms with Gasteiger partial charge in [-0.2, -0.15) is 0 Å². The molecule has 0 radical (unpaired) electrons. The largest absolute Gasteiger partial charge is 0.395 e. The maximum atomic E-state index is 12.3. The van der Waals surface area contributed by atoms with Gasteiger partial charge in [0.1, 0.15) is 0 Å². The summed E-state index contributed by atoms with van der Waals surface area (Å²) in [4.78, 5) is 26.0. The Balaban J connectivity index is 1.58. The summed E-state index contributed by atoms with van der Waals surface area (Å²) < 4.78 is 0. The quantitative estimate of drug-likeness (QED) is 0.557. The highest BCUT2D eigenvalue weighted by Gasteiger charge is 2.29. The Morgan fingerprint density at radius 1 is 1.11 bits per heavy atom. The van der Waals surface area contributed by atoms with Gasteiger partial charge < -0.3 is 15.3 Å². The van der Waals surface area contributed by atoms with Crippen molar-refractivity contribution in [3.05, 3.63) is 65.7 Å². The molecular formula is C22H24N2O3. The van der Waals surface area contributed by atoms with Crippen LogP contribution in [0.2, 0.25) is 0 Å². The van der Waals surface area contributed by atoms with Crippen LogP contribution in [-0.4, -0.2) is 37.0 Å². The first kappa shape index (κ1) is 18.9. The average Bonchev–Trinajstić information content (AvgIpc) is 3.53. The van der Waals surface area contributed by atoms with Crippen LogP contribution in [0.15, 0.2) is 54.6 Å². The van der Waals surface area contributed by atoms with E-state index in [9.17, 15) is 9.59 Å². The summed E-state index contributed by atoms with van der Waals surface area (Å²) in [5.41, 5.74) is 3.24. The maximum absolute atomic E-state index is 12.3. The van der Waals surface area contributed by atoms with Crippen LogP contribution in [0.1, 0.15) is 28.8 Å². The number of rotatable bonds is 8. The van der Waals surface area contributed by atoms with Crippen LogP contribution in [-0.2, 0) is 4.79 Å². The van der Waals surface area contributed by atoms with Gasteiger partial charge in [0, 0.05) is 36.4 Å². The van der Waals surface area contributed by atoms with Gasteiger partial charge in [-0.15, -0.1) is 0 Å². The molecule has 0 saturated heterocycles. The second-order valence-corrected chi connectivity index (χ2v) is 6.78. The Bertz CT molecular complexity index is 822. The van der Waals surface area contributed by atoms with E-state index in [1.165, 1.54) is 0 Å². The van der Waals surface area contributed by atoms with E-state index in [2.05, 4.69) is 5.32 Å². The number of carbonyl (C=O) groups excluding carboxylic acids is 2. The van der Waals surface area contributed by atoms with Crippen molar-refractivity contribution in [2.24, 2.45) is 5.92 Å². The number of anilines is 2. The van der Waals surface area contributed by atoms with E-state index in [4.69, 9.17) is 5.11 Å². The monoisotopic (exact) mass is 364 g/mol. The van der Waals surface area contributed by atoms with Crippen LogP contribution < -0.4 is 10.2 Å². The molecular weight excluding hydrogens is 340 g/mol. The average molecular weight is 364 g/mol. The second kappa shape index (κ2) is 8.64. The third-order valence-electron chi connectivity index (χ3n) is 4.58. The minimum absolute atomic E-state index is 0.0575. The van der Waals surface area contributed by atoms with E-state index < -0.39 is 0 Å². The molecule has 1 saturated carbocycles. The number of benzene rings is 2. The molecule has 3 rings (SSSR count). The Hall–Kier alpha value is -2.92. The molecule has 0 aromatic heterocycles. The van der Waals surface area contributed by atoms with Crippen molar-refractivity contribution < 1.29 is 14.7 Å². The van der Waals surface area contributed by atoms with Gasteiger partial charge in [0.05, 0.1) is 6.61 Å². The molecule has 2 N–H and O–H groups in total. The topological polar surface area (TPSA) is 69.6 Å². The molecule has 0 aliphatic heterocycles. The number of aliphatic hydroxyl groups is 1. The zero-order chi connectivity index (χ0) is 19.2. The normalized spacial score (nSPS) is 13.6. The Labute approximate surface area is 159 Å². The molecule has 1 fully saturated rings.